The summed E-state index contributed by atoms with van der Waals surface area (Å²) in [5.74, 6) is 0.440. The largest absolute Gasteiger partial charge is 0.383 e. The lowest BCUT2D eigenvalue weighted by molar-refractivity contribution is 0.0579. The number of carbonyl (C=O) groups is 1. The summed E-state index contributed by atoms with van der Waals surface area (Å²) in [5, 5.41) is 0. The Morgan fingerprint density at radius 3 is 2.78 bits per heavy atom. The number of carbonyl (C=O) groups excluding carboxylic acids is 1. The summed E-state index contributed by atoms with van der Waals surface area (Å²) >= 11 is 5.78. The van der Waals surface area contributed by atoms with Crippen molar-refractivity contribution in [2.75, 3.05) is 20.3 Å². The van der Waals surface area contributed by atoms with Gasteiger partial charge in [-0.1, -0.05) is 12.1 Å². The van der Waals surface area contributed by atoms with Crippen LogP contribution in [0.2, 0.25) is 0 Å². The highest BCUT2D eigenvalue weighted by Crippen LogP contribution is 2.12. The van der Waals surface area contributed by atoms with Crippen LogP contribution in [0.1, 0.15) is 29.8 Å². The van der Waals surface area contributed by atoms with Gasteiger partial charge in [-0.15, -0.1) is 11.6 Å². The summed E-state index contributed by atoms with van der Waals surface area (Å²) in [5.41, 5.74) is 1.64. The minimum Gasteiger partial charge on any atom is -0.383 e. The molecule has 0 aliphatic heterocycles. The highest BCUT2D eigenvalue weighted by molar-refractivity contribution is 6.17. The van der Waals surface area contributed by atoms with Crippen molar-refractivity contribution in [1.82, 2.24) is 4.90 Å². The number of likely N-dealkylation sites (N-methyl/N-ethyl adjacent to an activating group) is 1. The summed E-state index contributed by atoms with van der Waals surface area (Å²) in [4.78, 5) is 14.2. The molecule has 1 amide bonds. The maximum atomic E-state index is 12.4. The van der Waals surface area contributed by atoms with Gasteiger partial charge in [0, 0.05) is 25.1 Å². The van der Waals surface area contributed by atoms with Crippen LogP contribution in [0.4, 0.5) is 0 Å². The van der Waals surface area contributed by atoms with Crippen molar-refractivity contribution in [3.63, 3.8) is 0 Å². The molecule has 1 aromatic carbocycles. The van der Waals surface area contributed by atoms with Crippen LogP contribution in [0.3, 0.4) is 0 Å². The van der Waals surface area contributed by atoms with E-state index >= 15 is 0 Å². The van der Waals surface area contributed by atoms with Crippen LogP contribution in [0, 0.1) is 0 Å². The van der Waals surface area contributed by atoms with E-state index in [9.17, 15) is 4.79 Å². The fourth-order valence-corrected chi connectivity index (χ4v) is 2.11. The van der Waals surface area contributed by atoms with Gasteiger partial charge >= 0.3 is 0 Å². The van der Waals surface area contributed by atoms with Crippen molar-refractivity contribution in [2.24, 2.45) is 0 Å². The normalized spacial score (nSPS) is 12.2. The molecule has 0 aliphatic rings. The zero-order chi connectivity index (χ0) is 13.5. The number of hydrogen-bond acceptors (Lipinski definition) is 2. The van der Waals surface area contributed by atoms with Gasteiger partial charge in [0.15, 0.2) is 0 Å². The van der Waals surface area contributed by atoms with Crippen LogP contribution in [-0.2, 0) is 10.6 Å². The first-order chi connectivity index (χ1) is 8.63. The van der Waals surface area contributed by atoms with Crippen LogP contribution in [0.5, 0.6) is 0 Å². The molecule has 1 atom stereocenters. The van der Waals surface area contributed by atoms with E-state index in [1.54, 1.807) is 12.0 Å². The Bertz CT molecular complexity index is 395. The van der Waals surface area contributed by atoms with Crippen LogP contribution >= 0.6 is 11.6 Å². The van der Waals surface area contributed by atoms with Crippen LogP contribution in [-0.4, -0.2) is 37.1 Å². The van der Waals surface area contributed by atoms with E-state index in [0.29, 0.717) is 24.6 Å². The Balaban J connectivity index is 2.88. The quantitative estimate of drug-likeness (QED) is 0.743. The highest BCUT2D eigenvalue weighted by atomic mass is 35.5. The highest BCUT2D eigenvalue weighted by Gasteiger charge is 2.19. The first-order valence-corrected chi connectivity index (χ1v) is 6.62. The van der Waals surface area contributed by atoms with Gasteiger partial charge in [-0.2, -0.15) is 0 Å². The van der Waals surface area contributed by atoms with E-state index in [1.807, 2.05) is 38.1 Å². The first kappa shape index (κ1) is 15.0. The molecule has 0 heterocycles. The molecule has 0 aromatic heterocycles. The number of amides is 1. The third-order valence-electron chi connectivity index (χ3n) is 2.87. The maximum absolute atomic E-state index is 12.4. The van der Waals surface area contributed by atoms with Crippen molar-refractivity contribution in [3.05, 3.63) is 35.4 Å². The van der Waals surface area contributed by atoms with E-state index in [-0.39, 0.29) is 11.9 Å². The summed E-state index contributed by atoms with van der Waals surface area (Å²) in [7, 11) is 1.64. The third kappa shape index (κ3) is 3.72. The van der Waals surface area contributed by atoms with Crippen molar-refractivity contribution < 1.29 is 9.53 Å². The number of rotatable bonds is 6. The second kappa shape index (κ2) is 7.39. The lowest BCUT2D eigenvalue weighted by Crippen LogP contribution is -2.40. The number of nitrogens with zero attached hydrogens (tertiary/aromatic N) is 1. The van der Waals surface area contributed by atoms with Gasteiger partial charge in [0.25, 0.3) is 5.91 Å². The molecule has 3 nitrogen and oxygen atoms in total. The summed E-state index contributed by atoms with van der Waals surface area (Å²) in [6.45, 7) is 5.15. The Kier molecular flexibility index (Phi) is 6.16. The molecule has 0 saturated carbocycles. The second-order valence-corrected chi connectivity index (χ2v) is 4.50. The van der Waals surface area contributed by atoms with Crippen molar-refractivity contribution >= 4 is 17.5 Å². The van der Waals surface area contributed by atoms with Gasteiger partial charge in [-0.25, -0.2) is 0 Å². The smallest absolute Gasteiger partial charge is 0.254 e. The van der Waals surface area contributed by atoms with Gasteiger partial charge < -0.3 is 9.64 Å². The lowest BCUT2D eigenvalue weighted by atomic mass is 10.1. The number of methoxy groups -OCH3 is 1. The summed E-state index contributed by atoms with van der Waals surface area (Å²) < 4.78 is 5.10. The molecule has 0 aliphatic carbocycles. The molecular weight excluding hydrogens is 250 g/mol. The molecule has 0 fully saturated rings. The molecule has 0 bridgehead atoms. The topological polar surface area (TPSA) is 29.5 Å². The zero-order valence-corrected chi connectivity index (χ0v) is 11.9. The molecule has 1 aromatic rings. The number of alkyl halides is 1. The van der Waals surface area contributed by atoms with E-state index in [4.69, 9.17) is 16.3 Å². The molecular formula is C14H20ClNO2. The average Bonchev–Trinajstić information content (AvgIpc) is 2.40. The van der Waals surface area contributed by atoms with Crippen molar-refractivity contribution in [2.45, 2.75) is 25.8 Å². The van der Waals surface area contributed by atoms with Crippen LogP contribution in [0.25, 0.3) is 0 Å². The van der Waals surface area contributed by atoms with Crippen molar-refractivity contribution in [1.29, 1.82) is 0 Å². The summed E-state index contributed by atoms with van der Waals surface area (Å²) in [6.07, 6.45) is 0. The van der Waals surface area contributed by atoms with Gasteiger partial charge in [0.2, 0.25) is 0 Å². The number of halogens is 1. The molecule has 1 unspecified atom stereocenters. The number of hydrogen-bond donors (Lipinski definition) is 0. The Labute approximate surface area is 114 Å². The predicted octanol–water partition coefficient (Wildman–Crippen LogP) is 2.92. The zero-order valence-electron chi connectivity index (χ0n) is 11.1. The molecule has 1 rings (SSSR count). The SMILES string of the molecule is CCN(C(=O)c1cccc(CCl)c1)C(C)COC. The fourth-order valence-electron chi connectivity index (χ4n) is 1.94. The second-order valence-electron chi connectivity index (χ2n) is 4.23. The molecule has 18 heavy (non-hydrogen) atoms. The van der Waals surface area contributed by atoms with E-state index in [2.05, 4.69) is 0 Å². The molecule has 0 radical (unpaired) electrons. The Hall–Kier alpha value is -1.06. The lowest BCUT2D eigenvalue weighted by Gasteiger charge is -2.27. The number of benzene rings is 1. The average molecular weight is 270 g/mol. The van der Waals surface area contributed by atoms with E-state index < -0.39 is 0 Å². The van der Waals surface area contributed by atoms with Crippen LogP contribution in [0.15, 0.2) is 24.3 Å². The van der Waals surface area contributed by atoms with Gasteiger partial charge in [0.1, 0.15) is 0 Å². The van der Waals surface area contributed by atoms with Gasteiger partial charge in [0.05, 0.1) is 12.6 Å². The standard InChI is InChI=1S/C14H20ClNO2/c1-4-16(11(2)10-18-3)14(17)13-7-5-6-12(8-13)9-15/h5-8,11H,4,9-10H2,1-3H3. The monoisotopic (exact) mass is 269 g/mol. The third-order valence-corrected chi connectivity index (χ3v) is 3.18. The minimum absolute atomic E-state index is 0.0222. The van der Waals surface area contributed by atoms with Crippen LogP contribution < -0.4 is 0 Å². The maximum Gasteiger partial charge on any atom is 0.254 e. The van der Waals surface area contributed by atoms with Crippen molar-refractivity contribution in [3.8, 4) is 0 Å². The molecule has 0 N–H and O–H groups in total. The fraction of sp³-hybridized carbons (Fsp3) is 0.500. The Morgan fingerprint density at radius 2 is 2.22 bits per heavy atom. The Morgan fingerprint density at radius 1 is 1.50 bits per heavy atom. The molecule has 0 spiro atoms. The molecule has 4 heteroatoms. The van der Waals surface area contributed by atoms with E-state index in [0.717, 1.165) is 5.56 Å². The minimum atomic E-state index is 0.0222. The predicted molar refractivity (Wildman–Crippen MR) is 74.0 cm³/mol. The molecule has 100 valence electrons. The summed E-state index contributed by atoms with van der Waals surface area (Å²) in [6, 6.07) is 7.50. The van der Waals surface area contributed by atoms with E-state index in [1.165, 1.54) is 0 Å². The first-order valence-electron chi connectivity index (χ1n) is 6.08. The number of ether oxygens (including phenoxy) is 1. The molecule has 0 saturated heterocycles. The van der Waals surface area contributed by atoms with Gasteiger partial charge in [-0.05, 0) is 31.5 Å². The van der Waals surface area contributed by atoms with Gasteiger partial charge in [-0.3, -0.25) is 4.79 Å².